The lowest BCUT2D eigenvalue weighted by Crippen LogP contribution is -2.00. The summed E-state index contributed by atoms with van der Waals surface area (Å²) >= 11 is 0. The summed E-state index contributed by atoms with van der Waals surface area (Å²) in [6, 6.07) is 0. The van der Waals surface area contributed by atoms with Crippen LogP contribution >= 0.6 is 7.82 Å². The van der Waals surface area contributed by atoms with Crippen molar-refractivity contribution in [3.8, 4) is 0 Å². The fourth-order valence-corrected chi connectivity index (χ4v) is 1.06. The predicted molar refractivity (Wildman–Crippen MR) is 48.3 cm³/mol. The fourth-order valence-electron chi connectivity index (χ4n) is 0.693. The Morgan fingerprint density at radius 1 is 1.15 bits per heavy atom. The normalized spacial score (nSPS) is 11.9. The highest BCUT2D eigenvalue weighted by molar-refractivity contribution is 7.46. The molecule has 5 nitrogen and oxygen atoms in total. The van der Waals surface area contributed by atoms with Gasteiger partial charge in [-0.25, -0.2) is 4.57 Å². The second-order valence-electron chi connectivity index (χ2n) is 2.64. The second kappa shape index (κ2) is 7.47. The highest BCUT2D eigenvalue weighted by atomic mass is 31.2. The van der Waals surface area contributed by atoms with Crippen LogP contribution in [0.5, 0.6) is 0 Å². The average molecular weight is 212 g/mol. The molecule has 0 atom stereocenters. The highest BCUT2D eigenvalue weighted by Crippen LogP contribution is 2.35. The van der Waals surface area contributed by atoms with Crippen molar-refractivity contribution in [3.05, 3.63) is 0 Å². The summed E-state index contributed by atoms with van der Waals surface area (Å²) in [6.45, 7) is 3.29. The van der Waals surface area contributed by atoms with Gasteiger partial charge >= 0.3 is 7.82 Å². The Morgan fingerprint density at radius 2 is 1.77 bits per heavy atom. The fraction of sp³-hybridized carbons (Fsp3) is 1.00. The van der Waals surface area contributed by atoms with Gasteiger partial charge < -0.3 is 14.5 Å². The third-order valence-corrected chi connectivity index (χ3v) is 1.85. The van der Waals surface area contributed by atoms with Crippen molar-refractivity contribution >= 4 is 7.82 Å². The van der Waals surface area contributed by atoms with Gasteiger partial charge in [0.2, 0.25) is 0 Å². The van der Waals surface area contributed by atoms with Crippen LogP contribution in [0.3, 0.4) is 0 Å². The summed E-state index contributed by atoms with van der Waals surface area (Å²) in [4.78, 5) is 16.6. The molecule has 0 aliphatic heterocycles. The molecule has 0 aliphatic carbocycles. The van der Waals surface area contributed by atoms with E-state index in [2.05, 4.69) is 11.4 Å². The summed E-state index contributed by atoms with van der Waals surface area (Å²) in [5, 5.41) is 0. The molecule has 0 aromatic carbocycles. The van der Waals surface area contributed by atoms with E-state index in [4.69, 9.17) is 14.5 Å². The summed E-state index contributed by atoms with van der Waals surface area (Å²) in [7, 11) is -4.28. The van der Waals surface area contributed by atoms with Gasteiger partial charge in [-0.1, -0.05) is 13.3 Å². The minimum atomic E-state index is -4.28. The lowest BCUT2D eigenvalue weighted by Gasteiger charge is -2.05. The molecule has 0 aromatic rings. The largest absolute Gasteiger partial charge is 0.469 e. The van der Waals surface area contributed by atoms with Gasteiger partial charge in [-0.3, -0.25) is 4.52 Å². The zero-order chi connectivity index (χ0) is 10.2. The van der Waals surface area contributed by atoms with E-state index in [9.17, 15) is 4.57 Å². The maximum absolute atomic E-state index is 10.2. The summed E-state index contributed by atoms with van der Waals surface area (Å²) in [5.41, 5.74) is 0. The molecule has 0 rings (SSSR count). The lowest BCUT2D eigenvalue weighted by atomic mass is 10.4. The molecule has 0 aromatic heterocycles. The topological polar surface area (TPSA) is 76.0 Å². The minimum Gasteiger partial charge on any atom is -0.381 e. The van der Waals surface area contributed by atoms with Crippen LogP contribution in [0.4, 0.5) is 0 Å². The van der Waals surface area contributed by atoms with E-state index in [0.717, 1.165) is 12.8 Å². The van der Waals surface area contributed by atoms with Crippen LogP contribution in [0.2, 0.25) is 0 Å². The van der Waals surface area contributed by atoms with Crippen molar-refractivity contribution in [1.82, 2.24) is 0 Å². The number of ether oxygens (including phenoxy) is 1. The molecule has 80 valence electrons. The van der Waals surface area contributed by atoms with Crippen LogP contribution in [0, 0.1) is 0 Å². The first-order chi connectivity index (χ1) is 6.06. The average Bonchev–Trinajstić information content (AvgIpc) is 2.01. The zero-order valence-corrected chi connectivity index (χ0v) is 8.70. The number of hydrogen-bond acceptors (Lipinski definition) is 3. The van der Waals surface area contributed by atoms with Crippen LogP contribution in [-0.2, 0) is 13.8 Å². The molecule has 0 unspecified atom stereocenters. The van der Waals surface area contributed by atoms with Crippen molar-refractivity contribution in [2.45, 2.75) is 26.2 Å². The monoisotopic (exact) mass is 212 g/mol. The number of phosphoric ester groups is 1. The van der Waals surface area contributed by atoms with Crippen molar-refractivity contribution in [1.29, 1.82) is 0 Å². The minimum absolute atomic E-state index is 0.0381. The molecule has 2 N–H and O–H groups in total. The molecular weight excluding hydrogens is 195 g/mol. The molecule has 0 bridgehead atoms. The smallest absolute Gasteiger partial charge is 0.381 e. The van der Waals surface area contributed by atoms with E-state index in [1.807, 2.05) is 0 Å². The first-order valence-electron chi connectivity index (χ1n) is 4.34. The van der Waals surface area contributed by atoms with E-state index in [-0.39, 0.29) is 6.61 Å². The van der Waals surface area contributed by atoms with E-state index >= 15 is 0 Å². The Kier molecular flexibility index (Phi) is 7.51. The first kappa shape index (κ1) is 13.1. The Labute approximate surface area is 78.3 Å². The Morgan fingerprint density at radius 3 is 2.31 bits per heavy atom. The predicted octanol–water partition coefficient (Wildman–Crippen LogP) is 1.30. The van der Waals surface area contributed by atoms with Gasteiger partial charge in [0.15, 0.2) is 0 Å². The van der Waals surface area contributed by atoms with Gasteiger partial charge in [-0.15, -0.1) is 0 Å². The molecule has 0 saturated carbocycles. The van der Waals surface area contributed by atoms with Crippen LogP contribution in [0.25, 0.3) is 0 Å². The molecule has 0 radical (unpaired) electrons. The SMILES string of the molecule is CCCCOCCCOP(=O)(O)O. The quantitative estimate of drug-likeness (QED) is 0.468. The molecule has 6 heteroatoms. The Balaban J connectivity index is 3.04. The first-order valence-corrected chi connectivity index (χ1v) is 5.87. The van der Waals surface area contributed by atoms with Gasteiger partial charge in [0, 0.05) is 13.2 Å². The molecule has 0 aliphatic rings. The van der Waals surface area contributed by atoms with Gasteiger partial charge in [0.05, 0.1) is 6.61 Å². The van der Waals surface area contributed by atoms with Crippen molar-refractivity contribution in [3.63, 3.8) is 0 Å². The highest BCUT2D eigenvalue weighted by Gasteiger charge is 2.12. The Bertz CT molecular complexity index is 155. The third-order valence-electron chi connectivity index (χ3n) is 1.33. The number of unbranched alkanes of at least 4 members (excludes halogenated alkanes) is 1. The van der Waals surface area contributed by atoms with Crippen molar-refractivity contribution in [2.75, 3.05) is 19.8 Å². The number of phosphoric acid groups is 1. The zero-order valence-electron chi connectivity index (χ0n) is 7.81. The standard InChI is InChI=1S/C7H17O5P/c1-2-3-5-11-6-4-7-12-13(8,9)10/h2-7H2,1H3,(H2,8,9,10). The van der Waals surface area contributed by atoms with Crippen molar-refractivity contribution < 1.29 is 23.6 Å². The maximum atomic E-state index is 10.2. The molecular formula is C7H17O5P. The van der Waals surface area contributed by atoms with Gasteiger partial charge in [-0.2, -0.15) is 0 Å². The van der Waals surface area contributed by atoms with Crippen LogP contribution in [-0.4, -0.2) is 29.6 Å². The third kappa shape index (κ3) is 12.1. The summed E-state index contributed by atoms with van der Waals surface area (Å²) in [5.74, 6) is 0. The number of rotatable bonds is 8. The molecule has 0 spiro atoms. The van der Waals surface area contributed by atoms with E-state index < -0.39 is 7.82 Å². The van der Waals surface area contributed by atoms with Crippen LogP contribution in [0.1, 0.15) is 26.2 Å². The molecule has 0 heterocycles. The molecule has 0 fully saturated rings. The summed E-state index contributed by atoms with van der Waals surface area (Å²) in [6.07, 6.45) is 2.60. The van der Waals surface area contributed by atoms with E-state index in [1.165, 1.54) is 0 Å². The van der Waals surface area contributed by atoms with Crippen LogP contribution in [0.15, 0.2) is 0 Å². The molecule has 0 amide bonds. The van der Waals surface area contributed by atoms with Gasteiger partial charge in [-0.05, 0) is 12.8 Å². The maximum Gasteiger partial charge on any atom is 0.469 e. The van der Waals surface area contributed by atoms with E-state index in [1.54, 1.807) is 0 Å². The Hall–Kier alpha value is 0.0700. The molecule has 13 heavy (non-hydrogen) atoms. The van der Waals surface area contributed by atoms with Crippen LogP contribution < -0.4 is 0 Å². The summed E-state index contributed by atoms with van der Waals surface area (Å²) < 4.78 is 19.6. The number of hydrogen-bond donors (Lipinski definition) is 2. The van der Waals surface area contributed by atoms with E-state index in [0.29, 0.717) is 19.6 Å². The lowest BCUT2D eigenvalue weighted by molar-refractivity contribution is 0.109. The molecule has 0 saturated heterocycles. The second-order valence-corrected chi connectivity index (χ2v) is 3.88. The van der Waals surface area contributed by atoms with Crippen molar-refractivity contribution in [2.24, 2.45) is 0 Å². The van der Waals surface area contributed by atoms with Gasteiger partial charge in [0.25, 0.3) is 0 Å². The van der Waals surface area contributed by atoms with Gasteiger partial charge in [0.1, 0.15) is 0 Å².